The molecule has 0 fully saturated rings. The molecule has 0 atom stereocenters. The highest BCUT2D eigenvalue weighted by Gasteiger charge is 2.08. The van der Waals surface area contributed by atoms with Gasteiger partial charge in [0.25, 0.3) is 0 Å². The molecule has 4 heteroatoms. The Morgan fingerprint density at radius 3 is 2.53 bits per heavy atom. The van der Waals surface area contributed by atoms with E-state index < -0.39 is 0 Å². The maximum Gasteiger partial charge on any atom is 0.0781 e. The van der Waals surface area contributed by atoms with Crippen molar-refractivity contribution in [3.8, 4) is 11.1 Å². The molecule has 0 amide bonds. The van der Waals surface area contributed by atoms with Crippen molar-refractivity contribution in [2.24, 2.45) is 0 Å². The summed E-state index contributed by atoms with van der Waals surface area (Å²) < 4.78 is 1.02. The zero-order valence-electron chi connectivity index (χ0n) is 7.71. The number of benzene rings is 1. The maximum atomic E-state index is 9.21. The molecule has 0 aliphatic heterocycles. The summed E-state index contributed by atoms with van der Waals surface area (Å²) in [6.07, 6.45) is 0. The Balaban J connectivity index is 2.48. The number of thiophene rings is 1. The van der Waals surface area contributed by atoms with Crippen LogP contribution in [0.3, 0.4) is 0 Å². The second-order valence-electron chi connectivity index (χ2n) is 3.05. The fraction of sp³-hybridized carbons (Fsp3) is 0.0909. The first-order valence-corrected chi connectivity index (χ1v) is 6.34. The van der Waals surface area contributed by atoms with Gasteiger partial charge in [-0.25, -0.2) is 0 Å². The molecule has 78 valence electrons. The Bertz CT molecular complexity index is 464. The molecule has 0 unspecified atom stereocenters. The number of halogens is 2. The minimum Gasteiger partial charge on any atom is -0.391 e. The van der Waals surface area contributed by atoms with Crippen LogP contribution in [-0.4, -0.2) is 5.11 Å². The average Bonchev–Trinajstić information content (AvgIpc) is 2.61. The third-order valence-corrected chi connectivity index (χ3v) is 3.95. The lowest BCUT2D eigenvalue weighted by Gasteiger charge is -2.01. The lowest BCUT2D eigenvalue weighted by molar-refractivity contribution is 0.286. The van der Waals surface area contributed by atoms with Crippen molar-refractivity contribution in [3.05, 3.63) is 44.0 Å². The van der Waals surface area contributed by atoms with Gasteiger partial charge in [0.1, 0.15) is 0 Å². The third-order valence-electron chi connectivity index (χ3n) is 2.08. The largest absolute Gasteiger partial charge is 0.391 e. The van der Waals surface area contributed by atoms with Crippen LogP contribution >= 0.6 is 38.9 Å². The van der Waals surface area contributed by atoms with E-state index in [4.69, 9.17) is 11.6 Å². The highest BCUT2D eigenvalue weighted by molar-refractivity contribution is 9.11. The van der Waals surface area contributed by atoms with E-state index in [0.29, 0.717) is 0 Å². The first kappa shape index (κ1) is 11.1. The van der Waals surface area contributed by atoms with E-state index in [1.807, 2.05) is 30.3 Å². The Morgan fingerprint density at radius 2 is 1.93 bits per heavy atom. The number of aliphatic hydroxyl groups excluding tert-OH is 1. The van der Waals surface area contributed by atoms with E-state index in [1.165, 1.54) is 0 Å². The number of hydrogen-bond donors (Lipinski definition) is 1. The molecule has 0 bridgehead atoms. The first-order chi connectivity index (χ1) is 7.20. The predicted molar refractivity (Wildman–Crippen MR) is 68.4 cm³/mol. The standard InChI is InChI=1S/C11H8BrClOS/c12-11-5-9(10(6-14)15-11)7-1-3-8(13)4-2-7/h1-5,14H,6H2. The minimum absolute atomic E-state index is 0.0637. The molecule has 0 aliphatic rings. The predicted octanol–water partition coefficient (Wildman–Crippen LogP) is 4.32. The Labute approximate surface area is 105 Å². The van der Waals surface area contributed by atoms with Gasteiger partial charge in [-0.15, -0.1) is 11.3 Å². The molecule has 15 heavy (non-hydrogen) atoms. The highest BCUT2D eigenvalue weighted by atomic mass is 79.9. The van der Waals surface area contributed by atoms with E-state index in [2.05, 4.69) is 15.9 Å². The van der Waals surface area contributed by atoms with Gasteiger partial charge in [-0.2, -0.15) is 0 Å². The van der Waals surface area contributed by atoms with Gasteiger partial charge in [0.2, 0.25) is 0 Å². The van der Waals surface area contributed by atoms with Crippen molar-refractivity contribution in [1.82, 2.24) is 0 Å². The topological polar surface area (TPSA) is 20.2 Å². The van der Waals surface area contributed by atoms with Gasteiger partial charge in [-0.05, 0) is 45.3 Å². The molecule has 1 N–H and O–H groups in total. The fourth-order valence-electron chi connectivity index (χ4n) is 1.39. The van der Waals surface area contributed by atoms with Gasteiger partial charge in [0, 0.05) is 9.90 Å². The summed E-state index contributed by atoms with van der Waals surface area (Å²) in [7, 11) is 0. The van der Waals surface area contributed by atoms with Crippen LogP contribution in [-0.2, 0) is 6.61 Å². The van der Waals surface area contributed by atoms with Crippen LogP contribution in [0.25, 0.3) is 11.1 Å². The van der Waals surface area contributed by atoms with Gasteiger partial charge in [0.05, 0.1) is 10.4 Å². The first-order valence-electron chi connectivity index (χ1n) is 4.35. The van der Waals surface area contributed by atoms with E-state index in [9.17, 15) is 5.11 Å². The van der Waals surface area contributed by atoms with Crippen molar-refractivity contribution >= 4 is 38.9 Å². The van der Waals surface area contributed by atoms with Crippen molar-refractivity contribution in [3.63, 3.8) is 0 Å². The van der Waals surface area contributed by atoms with Crippen LogP contribution in [0.4, 0.5) is 0 Å². The lowest BCUT2D eigenvalue weighted by atomic mass is 10.1. The van der Waals surface area contributed by atoms with E-state index in [-0.39, 0.29) is 6.61 Å². The summed E-state index contributed by atoms with van der Waals surface area (Å²) in [5, 5.41) is 9.93. The maximum absolute atomic E-state index is 9.21. The van der Waals surface area contributed by atoms with Gasteiger partial charge < -0.3 is 5.11 Å². The van der Waals surface area contributed by atoms with Crippen molar-refractivity contribution < 1.29 is 5.11 Å². The number of hydrogen-bond acceptors (Lipinski definition) is 2. The third kappa shape index (κ3) is 2.42. The minimum atomic E-state index is 0.0637. The molecule has 0 saturated heterocycles. The SMILES string of the molecule is OCc1sc(Br)cc1-c1ccc(Cl)cc1. The van der Waals surface area contributed by atoms with Crippen LogP contribution in [0.2, 0.25) is 5.02 Å². The van der Waals surface area contributed by atoms with Crippen molar-refractivity contribution in [2.45, 2.75) is 6.61 Å². The number of rotatable bonds is 2. The second kappa shape index (κ2) is 4.66. The lowest BCUT2D eigenvalue weighted by Crippen LogP contribution is -1.81. The Morgan fingerprint density at radius 1 is 1.27 bits per heavy atom. The van der Waals surface area contributed by atoms with Crippen LogP contribution in [0.15, 0.2) is 34.1 Å². The second-order valence-corrected chi connectivity index (χ2v) is 6.00. The molecule has 2 rings (SSSR count). The molecule has 0 aliphatic carbocycles. The van der Waals surface area contributed by atoms with Crippen molar-refractivity contribution in [1.29, 1.82) is 0 Å². The zero-order valence-corrected chi connectivity index (χ0v) is 10.9. The summed E-state index contributed by atoms with van der Waals surface area (Å²) in [4.78, 5) is 0.962. The molecule has 0 spiro atoms. The van der Waals surface area contributed by atoms with Crippen LogP contribution in [0.1, 0.15) is 4.88 Å². The summed E-state index contributed by atoms with van der Waals surface area (Å²) in [5.41, 5.74) is 2.14. The Kier molecular flexibility index (Phi) is 3.46. The van der Waals surface area contributed by atoms with Crippen LogP contribution in [0, 0.1) is 0 Å². The van der Waals surface area contributed by atoms with Gasteiger partial charge in [-0.3, -0.25) is 0 Å². The quantitative estimate of drug-likeness (QED) is 0.876. The average molecular weight is 304 g/mol. The normalized spacial score (nSPS) is 10.6. The molecular weight excluding hydrogens is 296 g/mol. The molecule has 2 aromatic rings. The molecule has 1 aromatic carbocycles. The van der Waals surface area contributed by atoms with Crippen molar-refractivity contribution in [2.75, 3.05) is 0 Å². The van der Waals surface area contributed by atoms with Gasteiger partial charge in [-0.1, -0.05) is 23.7 Å². The highest BCUT2D eigenvalue weighted by Crippen LogP contribution is 2.34. The van der Waals surface area contributed by atoms with Crippen LogP contribution in [0.5, 0.6) is 0 Å². The Hall–Kier alpha value is -0.350. The van der Waals surface area contributed by atoms with Crippen LogP contribution < -0.4 is 0 Å². The molecular formula is C11H8BrClOS. The molecule has 0 radical (unpaired) electrons. The molecule has 1 nitrogen and oxygen atoms in total. The summed E-state index contributed by atoms with van der Waals surface area (Å²) >= 11 is 10.8. The zero-order chi connectivity index (χ0) is 10.8. The van der Waals surface area contributed by atoms with E-state index >= 15 is 0 Å². The molecule has 0 saturated carbocycles. The van der Waals surface area contributed by atoms with Gasteiger partial charge >= 0.3 is 0 Å². The summed E-state index contributed by atoms with van der Waals surface area (Å²) in [5.74, 6) is 0. The number of aliphatic hydroxyl groups is 1. The summed E-state index contributed by atoms with van der Waals surface area (Å²) in [6.45, 7) is 0.0637. The smallest absolute Gasteiger partial charge is 0.0781 e. The summed E-state index contributed by atoms with van der Waals surface area (Å²) in [6, 6.07) is 9.62. The fourth-order valence-corrected chi connectivity index (χ4v) is 3.09. The monoisotopic (exact) mass is 302 g/mol. The molecule has 1 heterocycles. The van der Waals surface area contributed by atoms with E-state index in [1.54, 1.807) is 11.3 Å². The van der Waals surface area contributed by atoms with E-state index in [0.717, 1.165) is 24.8 Å². The molecule has 1 aromatic heterocycles. The van der Waals surface area contributed by atoms with Gasteiger partial charge in [0.15, 0.2) is 0 Å².